The second-order valence-corrected chi connectivity index (χ2v) is 6.32. The molecule has 0 N–H and O–H groups in total. The third kappa shape index (κ3) is 4.02. The van der Waals surface area contributed by atoms with Crippen LogP contribution in [0.4, 0.5) is 0 Å². The molecule has 4 nitrogen and oxygen atoms in total. The summed E-state index contributed by atoms with van der Waals surface area (Å²) < 4.78 is 11.0. The summed E-state index contributed by atoms with van der Waals surface area (Å²) in [5, 5.41) is 0. The molecule has 0 unspecified atom stereocenters. The maximum absolute atomic E-state index is 12.9. The molecule has 1 aliphatic heterocycles. The molecule has 0 saturated heterocycles. The zero-order chi connectivity index (χ0) is 17.6. The quantitative estimate of drug-likeness (QED) is 0.751. The average molecular weight is 339 g/mol. The lowest BCUT2D eigenvalue weighted by Gasteiger charge is -2.29. The predicted octanol–water partition coefficient (Wildman–Crippen LogP) is 3.82. The van der Waals surface area contributed by atoms with Gasteiger partial charge in [0.25, 0.3) is 5.91 Å². The number of methoxy groups -OCH3 is 1. The van der Waals surface area contributed by atoms with E-state index < -0.39 is 0 Å². The maximum Gasteiger partial charge on any atom is 0.254 e. The monoisotopic (exact) mass is 339 g/mol. The van der Waals surface area contributed by atoms with Gasteiger partial charge in [0, 0.05) is 30.8 Å². The second kappa shape index (κ2) is 8.17. The lowest BCUT2D eigenvalue weighted by Crippen LogP contribution is -2.36. The minimum Gasteiger partial charge on any atom is -0.496 e. The van der Waals surface area contributed by atoms with E-state index in [1.807, 2.05) is 29.2 Å². The van der Waals surface area contributed by atoms with E-state index in [1.165, 1.54) is 11.1 Å². The van der Waals surface area contributed by atoms with Gasteiger partial charge in [-0.05, 0) is 42.2 Å². The van der Waals surface area contributed by atoms with Crippen LogP contribution in [0.2, 0.25) is 0 Å². The van der Waals surface area contributed by atoms with Gasteiger partial charge in [-0.3, -0.25) is 4.79 Å². The molecule has 4 heteroatoms. The molecule has 1 heterocycles. The highest BCUT2D eigenvalue weighted by atomic mass is 16.5. The van der Waals surface area contributed by atoms with Gasteiger partial charge in [-0.2, -0.15) is 0 Å². The molecular formula is C21H25NO3. The van der Waals surface area contributed by atoms with Crippen LogP contribution in [0.15, 0.2) is 42.5 Å². The molecule has 0 bridgehead atoms. The number of carbonyl (C=O) groups is 1. The molecule has 0 fully saturated rings. The highest BCUT2D eigenvalue weighted by molar-refractivity contribution is 5.94. The van der Waals surface area contributed by atoms with Crippen molar-refractivity contribution < 1.29 is 14.3 Å². The number of hydrogen-bond acceptors (Lipinski definition) is 3. The first-order chi connectivity index (χ1) is 12.2. The third-order valence-electron chi connectivity index (χ3n) is 4.55. The van der Waals surface area contributed by atoms with E-state index in [0.29, 0.717) is 25.3 Å². The van der Waals surface area contributed by atoms with E-state index in [9.17, 15) is 4.79 Å². The van der Waals surface area contributed by atoms with Crippen molar-refractivity contribution >= 4 is 5.91 Å². The minimum absolute atomic E-state index is 0.0638. The Bertz CT molecular complexity index is 742. The van der Waals surface area contributed by atoms with Gasteiger partial charge in [-0.1, -0.05) is 31.2 Å². The van der Waals surface area contributed by atoms with Gasteiger partial charge in [0.15, 0.2) is 0 Å². The highest BCUT2D eigenvalue weighted by Crippen LogP contribution is 2.24. The average Bonchev–Trinajstić information content (AvgIpc) is 2.67. The summed E-state index contributed by atoms with van der Waals surface area (Å²) in [4.78, 5) is 14.9. The Morgan fingerprint density at radius 3 is 2.72 bits per heavy atom. The van der Waals surface area contributed by atoms with Crippen LogP contribution in [0.25, 0.3) is 0 Å². The summed E-state index contributed by atoms with van der Waals surface area (Å²) in [5.41, 5.74) is 4.19. The van der Waals surface area contributed by atoms with Crippen LogP contribution in [-0.4, -0.2) is 31.1 Å². The first-order valence-electron chi connectivity index (χ1n) is 8.83. The Hall–Kier alpha value is -2.33. The fraction of sp³-hybridized carbons (Fsp3) is 0.381. The van der Waals surface area contributed by atoms with Gasteiger partial charge in [-0.25, -0.2) is 0 Å². The van der Waals surface area contributed by atoms with Crippen molar-refractivity contribution in [1.29, 1.82) is 0 Å². The van der Waals surface area contributed by atoms with E-state index >= 15 is 0 Å². The van der Waals surface area contributed by atoms with Crippen molar-refractivity contribution in [2.45, 2.75) is 32.9 Å². The normalized spacial score (nSPS) is 13.4. The number of ether oxygens (including phenoxy) is 2. The fourth-order valence-corrected chi connectivity index (χ4v) is 3.20. The number of nitrogens with zero attached hydrogens (tertiary/aromatic N) is 1. The largest absolute Gasteiger partial charge is 0.496 e. The first-order valence-corrected chi connectivity index (χ1v) is 8.83. The van der Waals surface area contributed by atoms with Crippen LogP contribution in [0.3, 0.4) is 0 Å². The zero-order valence-electron chi connectivity index (χ0n) is 15.0. The molecule has 1 aliphatic rings. The van der Waals surface area contributed by atoms with Gasteiger partial charge in [0.2, 0.25) is 0 Å². The lowest BCUT2D eigenvalue weighted by atomic mass is 9.99. The van der Waals surface area contributed by atoms with Crippen LogP contribution >= 0.6 is 0 Å². The number of carbonyl (C=O) groups excluding carboxylic acids is 1. The van der Waals surface area contributed by atoms with Crippen LogP contribution in [0, 0.1) is 0 Å². The molecule has 0 aromatic heterocycles. The molecule has 25 heavy (non-hydrogen) atoms. The molecular weight excluding hydrogens is 314 g/mol. The number of rotatable bonds is 6. The van der Waals surface area contributed by atoms with Crippen molar-refractivity contribution in [3.8, 4) is 5.75 Å². The Labute approximate surface area is 149 Å². The smallest absolute Gasteiger partial charge is 0.254 e. The van der Waals surface area contributed by atoms with E-state index in [4.69, 9.17) is 9.47 Å². The minimum atomic E-state index is 0.0638. The summed E-state index contributed by atoms with van der Waals surface area (Å²) in [6.45, 7) is 4.66. The molecule has 132 valence electrons. The fourth-order valence-electron chi connectivity index (χ4n) is 3.20. The number of benzene rings is 2. The van der Waals surface area contributed by atoms with E-state index in [2.05, 4.69) is 25.1 Å². The first kappa shape index (κ1) is 17.5. The van der Waals surface area contributed by atoms with E-state index in [0.717, 1.165) is 30.7 Å². The number of hydrogen-bond donors (Lipinski definition) is 0. The van der Waals surface area contributed by atoms with E-state index in [1.54, 1.807) is 7.11 Å². The molecule has 0 aliphatic carbocycles. The Balaban J connectivity index is 1.77. The standard InChI is InChI=1S/C21H25NO3/c1-3-12-25-15-19-13-17(8-9-20(19)24-2)21(23)22-11-10-16-6-4-5-7-18(16)14-22/h4-9,13H,3,10-12,14-15H2,1-2H3. The van der Waals surface area contributed by atoms with Gasteiger partial charge >= 0.3 is 0 Å². The van der Waals surface area contributed by atoms with Crippen molar-refractivity contribution in [2.75, 3.05) is 20.3 Å². The summed E-state index contributed by atoms with van der Waals surface area (Å²) in [5.74, 6) is 0.825. The summed E-state index contributed by atoms with van der Waals surface area (Å²) >= 11 is 0. The molecule has 0 atom stereocenters. The molecule has 3 rings (SSSR count). The molecule has 0 radical (unpaired) electrons. The number of fused-ring (bicyclic) bond motifs is 1. The molecule has 1 amide bonds. The SMILES string of the molecule is CCCOCc1cc(C(=O)N2CCc3ccccc3C2)ccc1OC. The maximum atomic E-state index is 12.9. The van der Waals surface area contributed by atoms with Crippen LogP contribution in [0.1, 0.15) is 40.4 Å². The molecule has 2 aromatic rings. The van der Waals surface area contributed by atoms with Gasteiger partial charge in [-0.15, -0.1) is 0 Å². The predicted molar refractivity (Wildman–Crippen MR) is 97.8 cm³/mol. The van der Waals surface area contributed by atoms with Crippen molar-refractivity contribution in [1.82, 2.24) is 4.90 Å². The van der Waals surface area contributed by atoms with Gasteiger partial charge < -0.3 is 14.4 Å². The Morgan fingerprint density at radius 1 is 1.16 bits per heavy atom. The highest BCUT2D eigenvalue weighted by Gasteiger charge is 2.22. The Kier molecular flexibility index (Phi) is 5.71. The Morgan fingerprint density at radius 2 is 1.96 bits per heavy atom. The molecule has 0 spiro atoms. The number of amides is 1. The molecule has 0 saturated carbocycles. The topological polar surface area (TPSA) is 38.8 Å². The third-order valence-corrected chi connectivity index (χ3v) is 4.55. The second-order valence-electron chi connectivity index (χ2n) is 6.32. The summed E-state index contributed by atoms with van der Waals surface area (Å²) in [6, 6.07) is 13.9. The molecule has 2 aromatic carbocycles. The van der Waals surface area contributed by atoms with Crippen molar-refractivity contribution in [2.24, 2.45) is 0 Å². The van der Waals surface area contributed by atoms with Crippen LogP contribution < -0.4 is 4.74 Å². The van der Waals surface area contributed by atoms with Crippen LogP contribution in [0.5, 0.6) is 5.75 Å². The van der Waals surface area contributed by atoms with Crippen LogP contribution in [-0.2, 0) is 24.3 Å². The van der Waals surface area contributed by atoms with Crippen molar-refractivity contribution in [3.05, 3.63) is 64.7 Å². The summed E-state index contributed by atoms with van der Waals surface area (Å²) in [6.07, 6.45) is 1.87. The lowest BCUT2D eigenvalue weighted by molar-refractivity contribution is 0.0734. The van der Waals surface area contributed by atoms with Gasteiger partial charge in [0.05, 0.1) is 13.7 Å². The van der Waals surface area contributed by atoms with Gasteiger partial charge in [0.1, 0.15) is 5.75 Å². The van der Waals surface area contributed by atoms with Crippen molar-refractivity contribution in [3.63, 3.8) is 0 Å². The zero-order valence-corrected chi connectivity index (χ0v) is 15.0. The van der Waals surface area contributed by atoms with E-state index in [-0.39, 0.29) is 5.91 Å². The summed E-state index contributed by atoms with van der Waals surface area (Å²) in [7, 11) is 1.64.